The average molecular weight is 192 g/mol. The van der Waals surface area contributed by atoms with Crippen LogP contribution in [-0.4, -0.2) is 4.98 Å². The topological polar surface area (TPSA) is 12.9 Å². The molecule has 3 rings (SSSR count). The first-order valence-corrected chi connectivity index (χ1v) is 5.01. The fraction of sp³-hybridized carbons (Fsp3) is 0. The summed E-state index contributed by atoms with van der Waals surface area (Å²) in [5.41, 5.74) is 2.09. The van der Waals surface area contributed by atoms with Crippen LogP contribution < -0.4 is 0 Å². The molecule has 1 heterocycles. The minimum absolute atomic E-state index is 1.04. The second kappa shape index (κ2) is 3.65. The van der Waals surface area contributed by atoms with Crippen LogP contribution in [0.2, 0.25) is 0 Å². The van der Waals surface area contributed by atoms with Crippen molar-refractivity contribution in [3.8, 4) is 0 Å². The summed E-state index contributed by atoms with van der Waals surface area (Å²) in [6.45, 7) is 0. The normalized spacial score (nSPS) is 17.3. The molecule has 15 heavy (non-hydrogen) atoms. The summed E-state index contributed by atoms with van der Waals surface area (Å²) < 4.78 is 0. The summed E-state index contributed by atoms with van der Waals surface area (Å²) >= 11 is 0. The number of nitrogens with zero attached hydrogens (tertiary/aromatic N) is 1. The highest BCUT2D eigenvalue weighted by atomic mass is 14.7. The highest BCUT2D eigenvalue weighted by Crippen LogP contribution is 2.29. The van der Waals surface area contributed by atoms with Crippen LogP contribution in [0.5, 0.6) is 0 Å². The van der Waals surface area contributed by atoms with Crippen molar-refractivity contribution in [1.29, 1.82) is 0 Å². The number of para-hydroxylation sites is 1. The van der Waals surface area contributed by atoms with Crippen molar-refractivity contribution in [2.24, 2.45) is 0 Å². The molecule has 1 heteroatoms. The van der Waals surface area contributed by atoms with Crippen molar-refractivity contribution in [2.75, 3.05) is 0 Å². The summed E-state index contributed by atoms with van der Waals surface area (Å²) in [5.74, 6) is 1.18. The molecule has 0 bridgehead atoms. The second-order valence-electron chi connectivity index (χ2n) is 3.56. The molecule has 71 valence electrons. The molecule has 1 nitrogen and oxygen atoms in total. The Balaban J connectivity index is 2.05. The van der Waals surface area contributed by atoms with Crippen LogP contribution >= 0.6 is 0 Å². The maximum atomic E-state index is 4.62. The maximum Gasteiger partial charge on any atom is 0.0705 e. The molecule has 0 aliphatic heterocycles. The Morgan fingerprint density at radius 1 is 0.800 bits per heavy atom. The number of hydrogen-bond acceptors (Lipinski definition) is 1. The number of fused-ring (bicyclic) bond motifs is 1. The molecule has 0 unspecified atom stereocenters. The van der Waals surface area contributed by atoms with Crippen molar-refractivity contribution in [2.45, 2.75) is 0 Å². The lowest BCUT2D eigenvalue weighted by atomic mass is 10.0. The molecular weight excluding hydrogens is 182 g/mol. The van der Waals surface area contributed by atoms with Crippen LogP contribution in [0.3, 0.4) is 0 Å². The first-order chi connectivity index (χ1) is 7.43. The molecular formula is C14H10N. The molecule has 0 atom stereocenters. The number of aromatic nitrogens is 1. The predicted molar refractivity (Wildman–Crippen MR) is 61.3 cm³/mol. The van der Waals surface area contributed by atoms with Crippen LogP contribution in [0.25, 0.3) is 10.9 Å². The van der Waals surface area contributed by atoms with Gasteiger partial charge in [-0.1, -0.05) is 24.3 Å². The highest BCUT2D eigenvalue weighted by molar-refractivity contribution is 5.79. The predicted octanol–water partition coefficient (Wildman–Crippen LogP) is 2.99. The standard InChI is InChI=1S/C14H10N/c1-2-6-11(5-1)14-10-9-12-7-3-4-8-13(12)15-14/h1-10H. The Morgan fingerprint density at radius 2 is 1.60 bits per heavy atom. The van der Waals surface area contributed by atoms with E-state index in [0.717, 1.165) is 11.2 Å². The number of hydrogen-bond donors (Lipinski definition) is 0. The Labute approximate surface area is 90.2 Å². The van der Waals surface area contributed by atoms with Gasteiger partial charge in [-0.2, -0.15) is 0 Å². The monoisotopic (exact) mass is 192 g/mol. The van der Waals surface area contributed by atoms with Gasteiger partial charge in [0.25, 0.3) is 0 Å². The number of rotatable bonds is 1. The van der Waals surface area contributed by atoms with E-state index in [1.807, 2.05) is 31.0 Å². The van der Waals surface area contributed by atoms with Crippen molar-refractivity contribution in [3.05, 3.63) is 73.7 Å². The van der Waals surface area contributed by atoms with Gasteiger partial charge in [0.15, 0.2) is 0 Å². The van der Waals surface area contributed by atoms with E-state index in [-0.39, 0.29) is 0 Å². The van der Waals surface area contributed by atoms with Gasteiger partial charge in [-0.05, 0) is 37.8 Å². The van der Waals surface area contributed by atoms with Gasteiger partial charge in [0.1, 0.15) is 0 Å². The van der Waals surface area contributed by atoms with E-state index in [0.29, 0.717) is 0 Å². The molecule has 0 amide bonds. The van der Waals surface area contributed by atoms with Crippen LogP contribution in [0.1, 0.15) is 5.69 Å². The van der Waals surface area contributed by atoms with E-state index in [1.54, 1.807) is 0 Å². The van der Waals surface area contributed by atoms with E-state index >= 15 is 0 Å². The van der Waals surface area contributed by atoms with Crippen molar-refractivity contribution < 1.29 is 0 Å². The zero-order valence-electron chi connectivity index (χ0n) is 8.22. The van der Waals surface area contributed by atoms with Crippen LogP contribution in [0.15, 0.2) is 36.4 Å². The third kappa shape index (κ3) is 1.63. The maximum absolute atomic E-state index is 4.62. The van der Waals surface area contributed by atoms with E-state index < -0.39 is 0 Å². The van der Waals surface area contributed by atoms with Crippen LogP contribution in [0, 0.1) is 31.6 Å². The van der Waals surface area contributed by atoms with Gasteiger partial charge in [0.2, 0.25) is 0 Å². The minimum Gasteiger partial charge on any atom is -0.252 e. The van der Waals surface area contributed by atoms with Crippen molar-refractivity contribution in [1.82, 2.24) is 4.98 Å². The summed E-state index contributed by atoms with van der Waals surface area (Å²) in [6.07, 6.45) is 8.23. The third-order valence-electron chi connectivity index (χ3n) is 2.56. The Morgan fingerprint density at radius 3 is 2.47 bits per heavy atom. The fourth-order valence-corrected chi connectivity index (χ4v) is 1.77. The molecule has 1 aromatic heterocycles. The van der Waals surface area contributed by atoms with Gasteiger partial charge in [-0.25, -0.2) is 0 Å². The van der Waals surface area contributed by atoms with Crippen LogP contribution in [-0.2, 0) is 0 Å². The van der Waals surface area contributed by atoms with Crippen molar-refractivity contribution >= 4 is 10.9 Å². The molecule has 1 aliphatic carbocycles. The van der Waals surface area contributed by atoms with Gasteiger partial charge >= 0.3 is 0 Å². The quantitative estimate of drug-likeness (QED) is 0.676. The smallest absolute Gasteiger partial charge is 0.0705 e. The summed E-state index contributed by atoms with van der Waals surface area (Å²) in [4.78, 5) is 4.62. The first kappa shape index (κ1) is 8.90. The average Bonchev–Trinajstić information content (AvgIpc) is 2.82. The number of pyridine rings is 1. The van der Waals surface area contributed by atoms with Gasteiger partial charge in [-0.15, -0.1) is 0 Å². The Kier molecular flexibility index (Phi) is 2.17. The Bertz CT molecular complexity index is 469. The third-order valence-corrected chi connectivity index (χ3v) is 2.56. The molecule has 1 saturated carbocycles. The van der Waals surface area contributed by atoms with E-state index in [1.165, 1.54) is 11.3 Å². The molecule has 2 aromatic rings. The molecule has 1 fully saturated rings. The molecule has 0 N–H and O–H groups in total. The zero-order valence-corrected chi connectivity index (χ0v) is 8.22. The lowest BCUT2D eigenvalue weighted by molar-refractivity contribution is 1.17. The molecule has 1 aliphatic rings. The molecule has 0 saturated heterocycles. The largest absolute Gasteiger partial charge is 0.252 e. The van der Waals surface area contributed by atoms with Crippen molar-refractivity contribution in [3.63, 3.8) is 0 Å². The highest BCUT2D eigenvalue weighted by Gasteiger charge is 2.19. The lowest BCUT2D eigenvalue weighted by Gasteiger charge is -2.07. The van der Waals surface area contributed by atoms with E-state index in [2.05, 4.69) is 36.0 Å². The van der Waals surface area contributed by atoms with E-state index in [9.17, 15) is 0 Å². The first-order valence-electron chi connectivity index (χ1n) is 5.01. The lowest BCUT2D eigenvalue weighted by Crippen LogP contribution is -1.98. The summed E-state index contributed by atoms with van der Waals surface area (Å²) in [7, 11) is 0. The van der Waals surface area contributed by atoms with Gasteiger partial charge in [0.05, 0.1) is 5.52 Å². The van der Waals surface area contributed by atoms with Gasteiger partial charge < -0.3 is 0 Å². The van der Waals surface area contributed by atoms with Gasteiger partial charge in [-0.3, -0.25) is 4.98 Å². The minimum atomic E-state index is 1.04. The molecule has 0 spiro atoms. The fourth-order valence-electron chi connectivity index (χ4n) is 1.77. The Hall–Kier alpha value is -1.37. The van der Waals surface area contributed by atoms with Gasteiger partial charge in [0, 0.05) is 17.0 Å². The molecule has 1 aromatic carbocycles. The SMILES string of the molecule is [CH]1[CH][CH][C](c2ccc3ccccc3n2)[CH]1. The van der Waals surface area contributed by atoms with Crippen LogP contribution in [0.4, 0.5) is 0 Å². The van der Waals surface area contributed by atoms with E-state index in [4.69, 9.17) is 0 Å². The zero-order chi connectivity index (χ0) is 10.1. The second-order valence-corrected chi connectivity index (χ2v) is 3.56. The summed E-state index contributed by atoms with van der Waals surface area (Å²) in [6, 6.07) is 12.4. The summed E-state index contributed by atoms with van der Waals surface area (Å²) in [5, 5.41) is 1.19. The molecule has 5 radical (unpaired) electrons. The number of benzene rings is 1.